The Morgan fingerprint density at radius 3 is 2.32 bits per heavy atom. The quantitative estimate of drug-likeness (QED) is 0.866. The fourth-order valence-corrected chi connectivity index (χ4v) is 3.68. The van der Waals surface area contributed by atoms with Crippen molar-refractivity contribution in [2.75, 3.05) is 0 Å². The predicted octanol–water partition coefficient (Wildman–Crippen LogP) is 3.26. The highest BCUT2D eigenvalue weighted by Crippen LogP contribution is 2.41. The molecule has 1 saturated heterocycles. The molecule has 2 aromatic rings. The van der Waals surface area contributed by atoms with Gasteiger partial charge in [-0.15, -0.1) is 0 Å². The fourth-order valence-electron chi connectivity index (χ4n) is 3.68. The van der Waals surface area contributed by atoms with Gasteiger partial charge in [0.1, 0.15) is 11.9 Å². The molecule has 2 aromatic carbocycles. The molecule has 1 aliphatic heterocycles. The molecule has 4 rings (SSSR count). The molecule has 0 unspecified atom stereocenters. The molecule has 112 valence electrons. The maximum absolute atomic E-state index is 12.4. The Labute approximate surface area is 130 Å². The molecule has 0 spiro atoms. The zero-order valence-electron chi connectivity index (χ0n) is 12.4. The van der Waals surface area contributed by atoms with Gasteiger partial charge in [-0.3, -0.25) is 4.79 Å². The monoisotopic (exact) mass is 293 g/mol. The Morgan fingerprint density at radius 1 is 0.955 bits per heavy atom. The third kappa shape index (κ3) is 2.37. The second kappa shape index (κ2) is 5.48. The molecular formula is C19H19NO2. The van der Waals surface area contributed by atoms with Crippen LogP contribution in [0.1, 0.15) is 18.4 Å². The Kier molecular flexibility index (Phi) is 3.34. The molecule has 1 saturated carbocycles. The second-order valence-electron chi connectivity index (χ2n) is 6.16. The third-order valence-electron chi connectivity index (χ3n) is 4.73. The number of fused-ring (bicyclic) bond motifs is 2. The number of piperidine rings is 1. The first-order valence-corrected chi connectivity index (χ1v) is 7.87. The molecule has 2 fully saturated rings. The van der Waals surface area contributed by atoms with Crippen molar-refractivity contribution in [1.82, 2.24) is 4.90 Å². The molecule has 3 heteroatoms. The molecule has 1 heterocycles. The average Bonchev–Trinajstić information content (AvgIpc) is 3.09. The van der Waals surface area contributed by atoms with Crippen molar-refractivity contribution < 1.29 is 9.53 Å². The number of hydrogen-bond donors (Lipinski definition) is 0. The number of ether oxygens (including phenoxy) is 1. The first-order chi connectivity index (χ1) is 10.8. The molecule has 3 atom stereocenters. The summed E-state index contributed by atoms with van der Waals surface area (Å²) in [5, 5.41) is 0. The number of carbonyl (C=O) groups excluding carboxylic acids is 1. The second-order valence-corrected chi connectivity index (χ2v) is 6.16. The summed E-state index contributed by atoms with van der Waals surface area (Å²) in [7, 11) is 0. The standard InChI is InChI=1S/C19H19NO2/c21-19-15-11-17(20(19)13-14-7-3-1-4-8-14)18(12-15)22-16-9-5-2-6-10-16/h1-10,15,17-18H,11-13H2/t15-,17+,18+/m0/s1. The topological polar surface area (TPSA) is 29.5 Å². The summed E-state index contributed by atoms with van der Waals surface area (Å²) in [5.74, 6) is 1.33. The largest absolute Gasteiger partial charge is 0.488 e. The van der Waals surface area contributed by atoms with Gasteiger partial charge in [-0.1, -0.05) is 48.5 Å². The number of hydrogen-bond acceptors (Lipinski definition) is 2. The average molecular weight is 293 g/mol. The van der Waals surface area contributed by atoms with E-state index in [0.29, 0.717) is 12.5 Å². The van der Waals surface area contributed by atoms with Gasteiger partial charge in [0.15, 0.2) is 0 Å². The molecule has 1 amide bonds. The van der Waals surface area contributed by atoms with E-state index in [2.05, 4.69) is 12.1 Å². The van der Waals surface area contributed by atoms with Gasteiger partial charge >= 0.3 is 0 Å². The van der Waals surface area contributed by atoms with Crippen molar-refractivity contribution in [3.05, 3.63) is 66.2 Å². The summed E-state index contributed by atoms with van der Waals surface area (Å²) in [4.78, 5) is 14.5. The lowest BCUT2D eigenvalue weighted by Crippen LogP contribution is -2.46. The highest BCUT2D eigenvalue weighted by molar-refractivity contribution is 5.83. The van der Waals surface area contributed by atoms with Crippen LogP contribution in [0.25, 0.3) is 0 Å². The van der Waals surface area contributed by atoms with Crippen molar-refractivity contribution in [3.8, 4) is 5.75 Å². The van der Waals surface area contributed by atoms with Crippen molar-refractivity contribution in [2.45, 2.75) is 31.5 Å². The van der Waals surface area contributed by atoms with Crippen LogP contribution in [-0.2, 0) is 11.3 Å². The van der Waals surface area contributed by atoms with E-state index in [1.807, 2.05) is 53.4 Å². The van der Waals surface area contributed by atoms with E-state index < -0.39 is 0 Å². The van der Waals surface area contributed by atoms with E-state index in [9.17, 15) is 4.79 Å². The minimum absolute atomic E-state index is 0.119. The lowest BCUT2D eigenvalue weighted by Gasteiger charge is -2.33. The van der Waals surface area contributed by atoms with Crippen LogP contribution in [0.2, 0.25) is 0 Å². The zero-order valence-corrected chi connectivity index (χ0v) is 12.4. The molecule has 1 aliphatic carbocycles. The fraction of sp³-hybridized carbons (Fsp3) is 0.316. The van der Waals surface area contributed by atoms with Gasteiger partial charge in [-0.2, -0.15) is 0 Å². The maximum atomic E-state index is 12.4. The molecular weight excluding hydrogens is 274 g/mol. The van der Waals surface area contributed by atoms with E-state index in [0.717, 1.165) is 18.6 Å². The molecule has 2 bridgehead atoms. The van der Waals surface area contributed by atoms with Crippen LogP contribution in [0.4, 0.5) is 0 Å². The van der Waals surface area contributed by atoms with Crippen LogP contribution in [0.15, 0.2) is 60.7 Å². The predicted molar refractivity (Wildman–Crippen MR) is 84.4 cm³/mol. The van der Waals surface area contributed by atoms with Gasteiger partial charge in [0.2, 0.25) is 5.91 Å². The molecule has 0 aromatic heterocycles. The van der Waals surface area contributed by atoms with Crippen molar-refractivity contribution in [2.24, 2.45) is 5.92 Å². The van der Waals surface area contributed by atoms with Crippen LogP contribution in [-0.4, -0.2) is 23.0 Å². The van der Waals surface area contributed by atoms with Crippen LogP contribution in [0, 0.1) is 5.92 Å². The number of likely N-dealkylation sites (tertiary alicyclic amines) is 1. The number of nitrogens with zero attached hydrogens (tertiary/aromatic N) is 1. The normalized spacial score (nSPS) is 26.5. The smallest absolute Gasteiger partial charge is 0.226 e. The number of para-hydroxylation sites is 1. The highest BCUT2D eigenvalue weighted by atomic mass is 16.5. The summed E-state index contributed by atoms with van der Waals surface area (Å²) in [6, 6.07) is 20.3. The summed E-state index contributed by atoms with van der Waals surface area (Å²) in [6.45, 7) is 0.690. The first-order valence-electron chi connectivity index (χ1n) is 7.87. The SMILES string of the molecule is O=C1[C@H]2C[C@H]([C@H](Oc3ccccc3)C2)N1Cc1ccccc1. The molecule has 2 aliphatic rings. The van der Waals surface area contributed by atoms with Gasteiger partial charge in [0, 0.05) is 12.5 Å². The first kappa shape index (κ1) is 13.4. The minimum atomic E-state index is 0.119. The summed E-state index contributed by atoms with van der Waals surface area (Å²) in [6.07, 6.45) is 1.90. The van der Waals surface area contributed by atoms with Crippen LogP contribution < -0.4 is 4.74 Å². The lowest BCUT2D eigenvalue weighted by molar-refractivity contribution is -0.137. The highest BCUT2D eigenvalue weighted by Gasteiger charge is 2.51. The van der Waals surface area contributed by atoms with E-state index in [1.54, 1.807) is 0 Å². The van der Waals surface area contributed by atoms with E-state index >= 15 is 0 Å². The van der Waals surface area contributed by atoms with Gasteiger partial charge in [-0.25, -0.2) is 0 Å². The lowest BCUT2D eigenvalue weighted by atomic mass is 10.1. The maximum Gasteiger partial charge on any atom is 0.226 e. The van der Waals surface area contributed by atoms with Crippen LogP contribution in [0.3, 0.4) is 0 Å². The summed E-state index contributed by atoms with van der Waals surface area (Å²) >= 11 is 0. The Hall–Kier alpha value is -2.29. The number of benzene rings is 2. The molecule has 22 heavy (non-hydrogen) atoms. The van der Waals surface area contributed by atoms with Crippen LogP contribution >= 0.6 is 0 Å². The van der Waals surface area contributed by atoms with E-state index in [4.69, 9.17) is 4.74 Å². The van der Waals surface area contributed by atoms with Crippen molar-refractivity contribution in [1.29, 1.82) is 0 Å². The molecule has 0 N–H and O–H groups in total. The van der Waals surface area contributed by atoms with Gasteiger partial charge < -0.3 is 9.64 Å². The Bertz CT molecular complexity index is 656. The van der Waals surface area contributed by atoms with E-state index in [1.165, 1.54) is 5.56 Å². The number of carbonyl (C=O) groups is 1. The summed E-state index contributed by atoms with van der Waals surface area (Å²) in [5.41, 5.74) is 1.18. The zero-order chi connectivity index (χ0) is 14.9. The Balaban J connectivity index is 1.50. The van der Waals surface area contributed by atoms with E-state index in [-0.39, 0.29) is 18.1 Å². The summed E-state index contributed by atoms with van der Waals surface area (Å²) < 4.78 is 6.13. The minimum Gasteiger partial charge on any atom is -0.488 e. The number of rotatable bonds is 4. The van der Waals surface area contributed by atoms with Crippen LogP contribution in [0.5, 0.6) is 5.75 Å². The number of amides is 1. The third-order valence-corrected chi connectivity index (χ3v) is 4.73. The molecule has 0 radical (unpaired) electrons. The van der Waals surface area contributed by atoms with Crippen molar-refractivity contribution in [3.63, 3.8) is 0 Å². The van der Waals surface area contributed by atoms with Gasteiger partial charge in [0.25, 0.3) is 0 Å². The van der Waals surface area contributed by atoms with Gasteiger partial charge in [-0.05, 0) is 30.5 Å². The van der Waals surface area contributed by atoms with Crippen molar-refractivity contribution >= 4 is 5.91 Å². The molecule has 3 nitrogen and oxygen atoms in total. The Morgan fingerprint density at radius 2 is 1.64 bits per heavy atom. The van der Waals surface area contributed by atoms with Gasteiger partial charge in [0.05, 0.1) is 6.04 Å².